The maximum absolute atomic E-state index is 8.03. The van der Waals surface area contributed by atoms with Gasteiger partial charge in [0, 0.05) is 18.2 Å². The third kappa shape index (κ3) is 4.12. The largest absolute Gasteiger partial charge is 0.497 e. The average Bonchev–Trinajstić information content (AvgIpc) is 3.35. The molecule has 0 fully saturated rings. The summed E-state index contributed by atoms with van der Waals surface area (Å²) >= 11 is 0. The molecule has 0 spiro atoms. The normalized spacial score (nSPS) is 12.3. The van der Waals surface area contributed by atoms with Gasteiger partial charge in [0.25, 0.3) is 0 Å². The Morgan fingerprint density at radius 1 is 1.21 bits per heavy atom. The van der Waals surface area contributed by atoms with Gasteiger partial charge in [-0.1, -0.05) is 12.1 Å². The fourth-order valence-electron chi connectivity index (χ4n) is 2.77. The molecule has 0 unspecified atom stereocenters. The van der Waals surface area contributed by atoms with Gasteiger partial charge in [-0.25, -0.2) is 0 Å². The zero-order valence-corrected chi connectivity index (χ0v) is 15.2. The standard InChI is InChI=1S/C20H19N5O3/c1-26-15-4-2-3-14(11-15)22-18(21)7-8-19-23-20(25-24-19)10-13-5-6-16-17(9-13)28-12-27-16/h2-9,11H,10,12H2,1H3,(H2,21,22)(H,23,24,25)/b8-7-. The van der Waals surface area contributed by atoms with Crippen molar-refractivity contribution in [2.75, 3.05) is 19.2 Å². The van der Waals surface area contributed by atoms with Crippen molar-refractivity contribution in [1.29, 1.82) is 5.41 Å². The molecule has 0 amide bonds. The summed E-state index contributed by atoms with van der Waals surface area (Å²) in [7, 11) is 1.61. The number of hydrogen-bond acceptors (Lipinski definition) is 6. The van der Waals surface area contributed by atoms with Crippen molar-refractivity contribution < 1.29 is 14.2 Å². The predicted octanol–water partition coefficient (Wildman–Crippen LogP) is 3.24. The first-order chi connectivity index (χ1) is 13.7. The van der Waals surface area contributed by atoms with Crippen LogP contribution in [0.1, 0.15) is 17.2 Å². The highest BCUT2D eigenvalue weighted by Gasteiger charge is 2.14. The first-order valence-electron chi connectivity index (χ1n) is 8.67. The molecule has 2 heterocycles. The lowest BCUT2D eigenvalue weighted by atomic mass is 10.1. The smallest absolute Gasteiger partial charge is 0.231 e. The van der Waals surface area contributed by atoms with Crippen LogP contribution in [0.25, 0.3) is 6.08 Å². The zero-order valence-electron chi connectivity index (χ0n) is 15.2. The molecular weight excluding hydrogens is 358 g/mol. The number of nitrogens with zero attached hydrogens (tertiary/aromatic N) is 2. The topological polar surface area (TPSA) is 105 Å². The van der Waals surface area contributed by atoms with Gasteiger partial charge in [0.05, 0.1) is 7.11 Å². The lowest BCUT2D eigenvalue weighted by Gasteiger charge is -2.06. The monoisotopic (exact) mass is 377 g/mol. The fourth-order valence-corrected chi connectivity index (χ4v) is 2.77. The fraction of sp³-hybridized carbons (Fsp3) is 0.150. The molecule has 8 nitrogen and oxygen atoms in total. The van der Waals surface area contributed by atoms with Crippen molar-refractivity contribution in [1.82, 2.24) is 15.2 Å². The molecule has 0 saturated carbocycles. The molecule has 0 bridgehead atoms. The summed E-state index contributed by atoms with van der Waals surface area (Å²) < 4.78 is 15.9. The number of rotatable bonds is 6. The third-order valence-corrected chi connectivity index (χ3v) is 4.12. The Morgan fingerprint density at radius 2 is 2.11 bits per heavy atom. The summed E-state index contributed by atoms with van der Waals surface area (Å²) in [6, 6.07) is 13.2. The van der Waals surface area contributed by atoms with E-state index in [1.807, 2.05) is 42.5 Å². The zero-order chi connectivity index (χ0) is 19.3. The minimum absolute atomic E-state index is 0.224. The molecule has 0 saturated heterocycles. The van der Waals surface area contributed by atoms with Crippen molar-refractivity contribution in [2.24, 2.45) is 0 Å². The molecule has 1 aliphatic heterocycles. The van der Waals surface area contributed by atoms with Gasteiger partial charge in [0.2, 0.25) is 6.79 Å². The summed E-state index contributed by atoms with van der Waals surface area (Å²) in [6.45, 7) is 0.256. The number of aromatic amines is 1. The molecule has 4 rings (SSSR count). The van der Waals surface area contributed by atoms with Crippen LogP contribution in [0.5, 0.6) is 17.2 Å². The Bertz CT molecular complexity index is 1030. The molecule has 3 aromatic rings. The Kier molecular flexibility index (Phi) is 4.92. The van der Waals surface area contributed by atoms with Gasteiger partial charge in [-0.2, -0.15) is 0 Å². The van der Waals surface area contributed by atoms with E-state index in [0.29, 0.717) is 12.2 Å². The van der Waals surface area contributed by atoms with Crippen molar-refractivity contribution in [3.8, 4) is 17.2 Å². The second-order valence-corrected chi connectivity index (χ2v) is 6.13. The highest BCUT2D eigenvalue weighted by molar-refractivity contribution is 6.03. The second-order valence-electron chi connectivity index (χ2n) is 6.13. The van der Waals surface area contributed by atoms with E-state index < -0.39 is 0 Å². The van der Waals surface area contributed by atoms with Crippen LogP contribution in [0.3, 0.4) is 0 Å². The van der Waals surface area contributed by atoms with Gasteiger partial charge in [-0.3, -0.25) is 5.41 Å². The molecule has 1 aromatic heterocycles. The molecule has 0 radical (unpaired) electrons. The molecule has 0 aliphatic carbocycles. The van der Waals surface area contributed by atoms with Gasteiger partial charge in [-0.05, 0) is 42.0 Å². The molecule has 142 valence electrons. The van der Waals surface area contributed by atoms with Gasteiger partial charge in [-0.15, -0.1) is 10.2 Å². The SMILES string of the molecule is COc1cccc(NC(=N)/C=C\c2nnc(Cc3ccc4c(c3)OCO4)[nH]2)c1. The number of aromatic nitrogens is 3. The van der Waals surface area contributed by atoms with Crippen LogP contribution in [0, 0.1) is 5.41 Å². The van der Waals surface area contributed by atoms with Crippen molar-refractivity contribution >= 4 is 17.6 Å². The van der Waals surface area contributed by atoms with Crippen molar-refractivity contribution in [3.63, 3.8) is 0 Å². The first-order valence-corrected chi connectivity index (χ1v) is 8.67. The van der Waals surface area contributed by atoms with E-state index >= 15 is 0 Å². The number of nitrogens with one attached hydrogen (secondary N) is 3. The Labute approximate surface area is 161 Å². The van der Waals surface area contributed by atoms with Crippen LogP contribution in [-0.2, 0) is 6.42 Å². The Balaban J connectivity index is 1.36. The summed E-state index contributed by atoms with van der Waals surface area (Å²) in [4.78, 5) is 3.14. The van der Waals surface area contributed by atoms with E-state index in [1.54, 1.807) is 19.3 Å². The second kappa shape index (κ2) is 7.83. The summed E-state index contributed by atoms with van der Waals surface area (Å²) in [5, 5.41) is 19.3. The molecule has 1 aliphatic rings. The lowest BCUT2D eigenvalue weighted by Crippen LogP contribution is -2.06. The van der Waals surface area contributed by atoms with Crippen molar-refractivity contribution in [3.05, 3.63) is 65.8 Å². The third-order valence-electron chi connectivity index (χ3n) is 4.12. The van der Waals surface area contributed by atoms with Crippen molar-refractivity contribution in [2.45, 2.75) is 6.42 Å². The number of ether oxygens (including phenoxy) is 3. The number of benzene rings is 2. The molecular formula is C20H19N5O3. The van der Waals surface area contributed by atoms with E-state index in [0.717, 1.165) is 34.3 Å². The van der Waals surface area contributed by atoms with E-state index in [1.165, 1.54) is 0 Å². The lowest BCUT2D eigenvalue weighted by molar-refractivity contribution is 0.174. The Morgan fingerprint density at radius 3 is 3.00 bits per heavy atom. The highest BCUT2D eigenvalue weighted by Crippen LogP contribution is 2.32. The van der Waals surface area contributed by atoms with Gasteiger partial charge >= 0.3 is 0 Å². The predicted molar refractivity (Wildman–Crippen MR) is 105 cm³/mol. The van der Waals surface area contributed by atoms with Crippen LogP contribution in [-0.4, -0.2) is 34.9 Å². The summed E-state index contributed by atoms with van der Waals surface area (Å²) in [5.41, 5.74) is 1.82. The first kappa shape index (κ1) is 17.6. The average molecular weight is 377 g/mol. The quantitative estimate of drug-likeness (QED) is 0.450. The minimum Gasteiger partial charge on any atom is -0.497 e. The number of hydrogen-bond donors (Lipinski definition) is 3. The van der Waals surface area contributed by atoms with Crippen LogP contribution in [0.4, 0.5) is 5.69 Å². The summed E-state index contributed by atoms with van der Waals surface area (Å²) in [5.74, 6) is 3.76. The number of anilines is 1. The number of amidine groups is 1. The number of fused-ring (bicyclic) bond motifs is 1. The highest BCUT2D eigenvalue weighted by atomic mass is 16.7. The number of H-pyrrole nitrogens is 1. The maximum Gasteiger partial charge on any atom is 0.231 e. The van der Waals surface area contributed by atoms with Crippen LogP contribution in [0.2, 0.25) is 0 Å². The van der Waals surface area contributed by atoms with Gasteiger partial charge in [0.15, 0.2) is 17.3 Å². The minimum atomic E-state index is 0.224. The van der Waals surface area contributed by atoms with Crippen LogP contribution in [0.15, 0.2) is 48.5 Å². The molecule has 0 atom stereocenters. The van der Waals surface area contributed by atoms with E-state index in [-0.39, 0.29) is 12.6 Å². The molecule has 8 heteroatoms. The van der Waals surface area contributed by atoms with Crippen LogP contribution < -0.4 is 19.5 Å². The maximum atomic E-state index is 8.03. The molecule has 28 heavy (non-hydrogen) atoms. The molecule has 3 N–H and O–H groups in total. The molecule has 2 aromatic carbocycles. The van der Waals surface area contributed by atoms with Crippen LogP contribution >= 0.6 is 0 Å². The van der Waals surface area contributed by atoms with Gasteiger partial charge in [0.1, 0.15) is 17.4 Å². The van der Waals surface area contributed by atoms with E-state index in [9.17, 15) is 0 Å². The Hall–Kier alpha value is -3.81. The number of methoxy groups -OCH3 is 1. The van der Waals surface area contributed by atoms with Gasteiger partial charge < -0.3 is 24.5 Å². The van der Waals surface area contributed by atoms with E-state index in [4.69, 9.17) is 19.6 Å². The summed E-state index contributed by atoms with van der Waals surface area (Å²) in [6.07, 6.45) is 3.91. The van der Waals surface area contributed by atoms with E-state index in [2.05, 4.69) is 20.5 Å².